The lowest BCUT2D eigenvalue weighted by atomic mass is 10.1. The number of phenolic OH excluding ortho intramolecular Hbond substituents is 1. The Morgan fingerprint density at radius 3 is 1.60 bits per heavy atom. The maximum Gasteiger partial charge on any atom is 0.295 e. The first-order valence-corrected chi connectivity index (χ1v) is 12.6. The number of fused-ring (bicyclic) bond motifs is 1. The third-order valence-electron chi connectivity index (χ3n) is 4.77. The van der Waals surface area contributed by atoms with Crippen LogP contribution in [0.3, 0.4) is 0 Å². The summed E-state index contributed by atoms with van der Waals surface area (Å²) in [6, 6.07) is 18.4. The zero-order valence-corrected chi connectivity index (χ0v) is 19.2. The number of nitrogens with zero attached hydrogens (tertiary/aromatic N) is 4. The van der Waals surface area contributed by atoms with Crippen molar-refractivity contribution in [1.29, 1.82) is 0 Å². The van der Waals surface area contributed by atoms with Crippen LogP contribution < -0.4 is 0 Å². The molecular formula is C22H16N4O7S2. The number of benzene rings is 4. The van der Waals surface area contributed by atoms with E-state index in [4.69, 9.17) is 4.55 Å². The lowest BCUT2D eigenvalue weighted by Crippen LogP contribution is -1.99. The monoisotopic (exact) mass is 512 g/mol. The maximum absolute atomic E-state index is 11.8. The van der Waals surface area contributed by atoms with Gasteiger partial charge in [0.2, 0.25) is 0 Å². The van der Waals surface area contributed by atoms with Crippen LogP contribution in [0.15, 0.2) is 109 Å². The van der Waals surface area contributed by atoms with Gasteiger partial charge in [-0.2, -0.15) is 32.2 Å². The molecule has 3 N–H and O–H groups in total. The number of hydrogen-bond acceptors (Lipinski definition) is 9. The van der Waals surface area contributed by atoms with Crippen molar-refractivity contribution in [2.24, 2.45) is 20.5 Å². The molecule has 0 bridgehead atoms. The maximum atomic E-state index is 11.8. The van der Waals surface area contributed by atoms with Crippen molar-refractivity contribution in [1.82, 2.24) is 0 Å². The van der Waals surface area contributed by atoms with Gasteiger partial charge in [0.1, 0.15) is 10.6 Å². The molecule has 13 heteroatoms. The summed E-state index contributed by atoms with van der Waals surface area (Å²) in [5.41, 5.74) is 1.37. The van der Waals surface area contributed by atoms with E-state index in [0.29, 0.717) is 17.1 Å². The number of aromatic hydroxyl groups is 1. The van der Waals surface area contributed by atoms with Gasteiger partial charge in [-0.15, -0.1) is 5.11 Å². The second-order valence-electron chi connectivity index (χ2n) is 7.14. The molecule has 0 saturated heterocycles. The van der Waals surface area contributed by atoms with E-state index in [2.05, 4.69) is 20.5 Å². The predicted octanol–water partition coefficient (Wildman–Crippen LogP) is 5.87. The average Bonchev–Trinajstić information content (AvgIpc) is 2.82. The Kier molecular flexibility index (Phi) is 6.41. The quantitative estimate of drug-likeness (QED) is 0.213. The molecule has 11 nitrogen and oxygen atoms in total. The minimum Gasteiger partial charge on any atom is -0.507 e. The molecule has 35 heavy (non-hydrogen) atoms. The normalized spacial score (nSPS) is 12.6. The number of hydrogen-bond donors (Lipinski definition) is 3. The van der Waals surface area contributed by atoms with Crippen molar-refractivity contribution in [3.05, 3.63) is 78.9 Å². The Balaban J connectivity index is 1.58. The van der Waals surface area contributed by atoms with E-state index >= 15 is 0 Å². The van der Waals surface area contributed by atoms with Crippen LogP contribution in [0.25, 0.3) is 10.8 Å². The molecule has 0 fully saturated rings. The average molecular weight is 513 g/mol. The summed E-state index contributed by atoms with van der Waals surface area (Å²) in [7, 11) is -8.86. The summed E-state index contributed by atoms with van der Waals surface area (Å²) in [5, 5.41) is 26.5. The lowest BCUT2D eigenvalue weighted by Gasteiger charge is -2.08. The molecule has 4 aromatic rings. The van der Waals surface area contributed by atoms with Crippen molar-refractivity contribution in [2.75, 3.05) is 0 Å². The minimum atomic E-state index is -4.57. The zero-order chi connectivity index (χ0) is 25.2. The zero-order valence-electron chi connectivity index (χ0n) is 17.6. The molecule has 4 rings (SSSR count). The van der Waals surface area contributed by atoms with Crippen molar-refractivity contribution < 1.29 is 31.0 Å². The second-order valence-corrected chi connectivity index (χ2v) is 9.95. The second kappa shape index (κ2) is 9.31. The molecule has 0 aliphatic rings. The first kappa shape index (κ1) is 24.1. The summed E-state index contributed by atoms with van der Waals surface area (Å²) in [6.45, 7) is 0. The number of azo groups is 2. The fourth-order valence-corrected chi connectivity index (χ4v) is 4.34. The fourth-order valence-electron chi connectivity index (χ4n) is 3.14. The van der Waals surface area contributed by atoms with Gasteiger partial charge in [-0.25, -0.2) is 0 Å². The van der Waals surface area contributed by atoms with Gasteiger partial charge in [0.25, 0.3) is 20.2 Å². The summed E-state index contributed by atoms with van der Waals surface area (Å²) >= 11 is 0. The van der Waals surface area contributed by atoms with Crippen LogP contribution >= 0.6 is 0 Å². The smallest absolute Gasteiger partial charge is 0.295 e. The highest BCUT2D eigenvalue weighted by atomic mass is 32.2. The van der Waals surface area contributed by atoms with Crippen molar-refractivity contribution >= 4 is 53.8 Å². The SMILES string of the molecule is O=S(=O)(O)c1ccc(N=Nc2ccc(N=Nc3ccc(O)c4cccc(S(=O)(=O)O)c34)cc2)cc1. The van der Waals surface area contributed by atoms with Crippen LogP contribution in [0.2, 0.25) is 0 Å². The van der Waals surface area contributed by atoms with Gasteiger partial charge in [0.15, 0.2) is 0 Å². The van der Waals surface area contributed by atoms with Gasteiger partial charge in [-0.1, -0.05) is 12.1 Å². The summed E-state index contributed by atoms with van der Waals surface area (Å²) < 4.78 is 64.3. The lowest BCUT2D eigenvalue weighted by molar-refractivity contribution is 0.480. The Labute approximate surface area is 199 Å². The highest BCUT2D eigenvalue weighted by Gasteiger charge is 2.18. The molecular weight excluding hydrogens is 496 g/mol. The predicted molar refractivity (Wildman–Crippen MR) is 126 cm³/mol. The molecule has 0 radical (unpaired) electrons. The van der Waals surface area contributed by atoms with Crippen LogP contribution in [0.5, 0.6) is 5.75 Å². The van der Waals surface area contributed by atoms with Gasteiger partial charge >= 0.3 is 0 Å². The molecule has 0 spiro atoms. The van der Waals surface area contributed by atoms with E-state index in [1.54, 1.807) is 24.3 Å². The van der Waals surface area contributed by atoms with Crippen LogP contribution in [0.1, 0.15) is 0 Å². The summed E-state index contributed by atoms with van der Waals surface area (Å²) in [4.78, 5) is -0.656. The molecule has 0 aromatic heterocycles. The summed E-state index contributed by atoms with van der Waals surface area (Å²) in [5.74, 6) is -0.174. The van der Waals surface area contributed by atoms with E-state index in [1.807, 2.05) is 0 Å². The van der Waals surface area contributed by atoms with Gasteiger partial charge in [-0.05, 0) is 66.7 Å². The van der Waals surface area contributed by atoms with Crippen molar-refractivity contribution in [3.63, 3.8) is 0 Å². The number of rotatable bonds is 6. The molecule has 0 aliphatic carbocycles. The highest BCUT2D eigenvalue weighted by molar-refractivity contribution is 7.86. The van der Waals surface area contributed by atoms with Crippen molar-refractivity contribution in [2.45, 2.75) is 9.79 Å². The Bertz CT molecular complexity index is 1680. The topological polar surface area (TPSA) is 178 Å². The van der Waals surface area contributed by atoms with Gasteiger partial charge in [0, 0.05) is 10.8 Å². The van der Waals surface area contributed by atoms with Crippen LogP contribution in [0.4, 0.5) is 22.7 Å². The third kappa shape index (κ3) is 5.55. The van der Waals surface area contributed by atoms with Crippen molar-refractivity contribution in [3.8, 4) is 5.75 Å². The molecule has 0 amide bonds. The van der Waals surface area contributed by atoms with E-state index < -0.39 is 25.1 Å². The van der Waals surface area contributed by atoms with E-state index in [1.165, 1.54) is 54.6 Å². The third-order valence-corrected chi connectivity index (χ3v) is 6.54. The van der Waals surface area contributed by atoms with Gasteiger partial charge in [0.05, 0.1) is 27.6 Å². The molecule has 178 valence electrons. The fraction of sp³-hybridized carbons (Fsp3) is 0. The van der Waals surface area contributed by atoms with Crippen LogP contribution in [0, 0.1) is 0 Å². The molecule has 0 atom stereocenters. The Morgan fingerprint density at radius 1 is 0.571 bits per heavy atom. The molecule has 0 aliphatic heterocycles. The first-order valence-electron chi connectivity index (χ1n) is 9.76. The first-order chi connectivity index (χ1) is 16.5. The largest absolute Gasteiger partial charge is 0.507 e. The molecule has 0 heterocycles. The molecule has 0 unspecified atom stereocenters. The van der Waals surface area contributed by atoms with E-state index in [9.17, 15) is 26.5 Å². The minimum absolute atomic E-state index is 0.0317. The van der Waals surface area contributed by atoms with E-state index in [-0.39, 0.29) is 27.1 Å². The molecule has 0 saturated carbocycles. The number of phenols is 1. The Hall–Kier alpha value is -4.04. The summed E-state index contributed by atoms with van der Waals surface area (Å²) in [6.07, 6.45) is 0. The van der Waals surface area contributed by atoms with Gasteiger partial charge < -0.3 is 5.11 Å². The molecule has 4 aromatic carbocycles. The van der Waals surface area contributed by atoms with Gasteiger partial charge in [-0.3, -0.25) is 9.11 Å². The van der Waals surface area contributed by atoms with Crippen LogP contribution in [-0.4, -0.2) is 31.0 Å². The Morgan fingerprint density at radius 2 is 1.09 bits per heavy atom. The highest BCUT2D eigenvalue weighted by Crippen LogP contribution is 2.37. The van der Waals surface area contributed by atoms with Crippen LogP contribution in [-0.2, 0) is 20.2 Å². The standard InChI is InChI=1S/C22H16N4O7S2/c27-20-13-12-19(22-18(20)2-1-3-21(22)35(31,32)33)26-25-15-6-4-14(5-7-15)23-24-16-8-10-17(11-9-16)34(28,29)30/h1-13,27H,(H,28,29,30)(H,31,32,33). The van der Waals surface area contributed by atoms with E-state index in [0.717, 1.165) is 0 Å².